The third-order valence-electron chi connectivity index (χ3n) is 3.58. The number of rotatable bonds is 11. The normalized spacial score (nSPS) is 16.2. The molecule has 0 aliphatic heterocycles. The van der Waals surface area contributed by atoms with Gasteiger partial charge >= 0.3 is 5.97 Å². The van der Waals surface area contributed by atoms with Crippen LogP contribution in [0.3, 0.4) is 0 Å². The second-order valence-corrected chi connectivity index (χ2v) is 6.14. The summed E-state index contributed by atoms with van der Waals surface area (Å²) < 4.78 is 0. The number of nitrogens with one attached hydrogen (secondary N) is 3. The molecule has 0 saturated heterocycles. The Labute approximate surface area is 156 Å². The van der Waals surface area contributed by atoms with Crippen molar-refractivity contribution in [3.8, 4) is 0 Å². The van der Waals surface area contributed by atoms with E-state index in [2.05, 4.69) is 16.0 Å². The minimum atomic E-state index is -1.41. The Morgan fingerprint density at radius 1 is 0.889 bits per heavy atom. The first kappa shape index (κ1) is 24.3. The van der Waals surface area contributed by atoms with Gasteiger partial charge in [-0.15, -0.1) is 0 Å². The van der Waals surface area contributed by atoms with Crippen LogP contribution in [-0.4, -0.2) is 70.1 Å². The van der Waals surface area contributed by atoms with E-state index in [-0.39, 0.29) is 12.8 Å². The van der Waals surface area contributed by atoms with Crippen LogP contribution in [0.1, 0.15) is 33.6 Å². The number of hydrogen-bond donors (Lipinski definition) is 7. The number of aliphatic hydroxyl groups excluding tert-OH is 1. The highest BCUT2D eigenvalue weighted by molar-refractivity contribution is 5.94. The number of carboxylic acids is 1. The first-order valence-corrected chi connectivity index (χ1v) is 8.22. The molecule has 12 heteroatoms. The maximum atomic E-state index is 12.2. The highest BCUT2D eigenvalue weighted by Gasteiger charge is 2.30. The molecule has 0 aromatic carbocycles. The van der Waals surface area contributed by atoms with Gasteiger partial charge in [0.15, 0.2) is 0 Å². The highest BCUT2D eigenvalue weighted by Crippen LogP contribution is 1.99. The molecular weight excluding hydrogens is 362 g/mol. The van der Waals surface area contributed by atoms with Crippen LogP contribution in [0.4, 0.5) is 0 Å². The fourth-order valence-electron chi connectivity index (χ4n) is 1.86. The van der Waals surface area contributed by atoms with E-state index in [0.29, 0.717) is 0 Å². The average molecular weight is 389 g/mol. The lowest BCUT2D eigenvalue weighted by Crippen LogP contribution is -2.59. The van der Waals surface area contributed by atoms with Crippen LogP contribution in [-0.2, 0) is 24.0 Å². The number of carboxylic acid groups (broad SMARTS) is 1. The van der Waals surface area contributed by atoms with Crippen molar-refractivity contribution in [2.75, 3.05) is 0 Å². The SMILES string of the molecule is CC(NC(=O)C(C)NC(=O)C(NC(=O)C(N)CCC(N)=O)C(C)O)C(=O)O. The van der Waals surface area contributed by atoms with Gasteiger partial charge in [0.25, 0.3) is 0 Å². The monoisotopic (exact) mass is 389 g/mol. The molecule has 154 valence electrons. The number of carbonyl (C=O) groups excluding carboxylic acids is 4. The van der Waals surface area contributed by atoms with E-state index in [4.69, 9.17) is 16.6 Å². The molecule has 9 N–H and O–H groups in total. The molecule has 0 fully saturated rings. The molecule has 5 unspecified atom stereocenters. The first-order valence-electron chi connectivity index (χ1n) is 8.22. The Balaban J connectivity index is 4.83. The zero-order valence-electron chi connectivity index (χ0n) is 15.4. The molecule has 0 aliphatic rings. The molecule has 5 atom stereocenters. The van der Waals surface area contributed by atoms with Gasteiger partial charge in [0.1, 0.15) is 18.1 Å². The van der Waals surface area contributed by atoms with E-state index in [9.17, 15) is 29.1 Å². The minimum Gasteiger partial charge on any atom is -0.480 e. The summed E-state index contributed by atoms with van der Waals surface area (Å²) in [6.45, 7) is 3.80. The standard InChI is InChI=1S/C15H27N5O7/c1-6(12(23)19-7(2)15(26)27)18-14(25)11(8(3)21)20-13(24)9(16)4-5-10(17)22/h6-9,11,21H,4-5,16H2,1-3H3,(H2,17,22)(H,18,25)(H,19,23)(H,20,24)(H,26,27). The Bertz CT molecular complexity index is 581. The molecular formula is C15H27N5O7. The smallest absolute Gasteiger partial charge is 0.325 e. The van der Waals surface area contributed by atoms with Crippen LogP contribution in [0.5, 0.6) is 0 Å². The maximum Gasteiger partial charge on any atom is 0.325 e. The van der Waals surface area contributed by atoms with Crippen molar-refractivity contribution >= 4 is 29.6 Å². The lowest BCUT2D eigenvalue weighted by atomic mass is 10.1. The van der Waals surface area contributed by atoms with Gasteiger partial charge in [-0.05, 0) is 27.2 Å². The van der Waals surface area contributed by atoms with E-state index in [1.807, 2.05) is 0 Å². The molecule has 27 heavy (non-hydrogen) atoms. The van der Waals surface area contributed by atoms with Gasteiger partial charge < -0.3 is 37.6 Å². The van der Waals surface area contributed by atoms with Gasteiger partial charge in [0, 0.05) is 6.42 Å². The second-order valence-electron chi connectivity index (χ2n) is 6.14. The molecule has 0 saturated carbocycles. The van der Waals surface area contributed by atoms with Gasteiger partial charge in [-0.1, -0.05) is 0 Å². The number of amides is 4. The largest absolute Gasteiger partial charge is 0.480 e. The van der Waals surface area contributed by atoms with Gasteiger partial charge in [-0.2, -0.15) is 0 Å². The van der Waals surface area contributed by atoms with Crippen LogP contribution >= 0.6 is 0 Å². The summed E-state index contributed by atoms with van der Waals surface area (Å²) in [5, 5.41) is 25.2. The van der Waals surface area contributed by atoms with Gasteiger partial charge in [0.2, 0.25) is 23.6 Å². The topological polar surface area (TPSA) is 214 Å². The van der Waals surface area contributed by atoms with E-state index < -0.39 is 59.9 Å². The van der Waals surface area contributed by atoms with Gasteiger partial charge in [0.05, 0.1) is 12.1 Å². The number of nitrogens with two attached hydrogens (primary N) is 2. The summed E-state index contributed by atoms with van der Waals surface area (Å²) in [6.07, 6.45) is -1.48. The Hall–Kier alpha value is -2.73. The molecule has 0 bridgehead atoms. The predicted molar refractivity (Wildman–Crippen MR) is 92.9 cm³/mol. The van der Waals surface area contributed by atoms with E-state index in [1.54, 1.807) is 0 Å². The van der Waals surface area contributed by atoms with Crippen molar-refractivity contribution in [1.29, 1.82) is 0 Å². The van der Waals surface area contributed by atoms with E-state index >= 15 is 0 Å². The zero-order valence-corrected chi connectivity index (χ0v) is 15.4. The summed E-state index contributed by atoms with van der Waals surface area (Å²) in [5.41, 5.74) is 10.6. The molecule has 0 radical (unpaired) electrons. The van der Waals surface area contributed by atoms with Crippen LogP contribution in [0.25, 0.3) is 0 Å². The summed E-state index contributed by atoms with van der Waals surface area (Å²) in [7, 11) is 0. The maximum absolute atomic E-state index is 12.2. The van der Waals surface area contributed by atoms with Gasteiger partial charge in [-0.25, -0.2) is 0 Å². The molecule has 0 rings (SSSR count). The predicted octanol–water partition coefficient (Wildman–Crippen LogP) is -3.46. The van der Waals surface area contributed by atoms with Crippen LogP contribution < -0.4 is 27.4 Å². The van der Waals surface area contributed by atoms with Crippen molar-refractivity contribution in [2.24, 2.45) is 11.5 Å². The highest BCUT2D eigenvalue weighted by atomic mass is 16.4. The first-order chi connectivity index (χ1) is 12.4. The van der Waals surface area contributed by atoms with Crippen LogP contribution in [0, 0.1) is 0 Å². The molecule has 0 aliphatic carbocycles. The van der Waals surface area contributed by atoms with Crippen LogP contribution in [0.15, 0.2) is 0 Å². The number of primary amides is 1. The third-order valence-corrected chi connectivity index (χ3v) is 3.58. The van der Waals surface area contributed by atoms with E-state index in [1.165, 1.54) is 20.8 Å². The molecule has 0 spiro atoms. The molecule has 0 aromatic rings. The van der Waals surface area contributed by atoms with Crippen molar-refractivity contribution in [2.45, 2.75) is 63.9 Å². The van der Waals surface area contributed by atoms with Crippen molar-refractivity contribution < 1.29 is 34.2 Å². The number of aliphatic hydroxyl groups is 1. The Morgan fingerprint density at radius 2 is 1.41 bits per heavy atom. The fraction of sp³-hybridized carbons (Fsp3) is 0.667. The number of aliphatic carboxylic acids is 1. The number of carbonyl (C=O) groups is 5. The van der Waals surface area contributed by atoms with Gasteiger partial charge in [-0.3, -0.25) is 24.0 Å². The summed E-state index contributed by atoms with van der Waals surface area (Å²) >= 11 is 0. The average Bonchev–Trinajstić information content (AvgIpc) is 2.56. The quantitative estimate of drug-likeness (QED) is 0.188. The summed E-state index contributed by atoms with van der Waals surface area (Å²) in [6, 6.07) is -4.82. The summed E-state index contributed by atoms with van der Waals surface area (Å²) in [4.78, 5) is 57.6. The molecule has 0 aromatic heterocycles. The lowest BCUT2D eigenvalue weighted by molar-refractivity contribution is -0.141. The van der Waals surface area contributed by atoms with Crippen molar-refractivity contribution in [3.05, 3.63) is 0 Å². The molecule has 4 amide bonds. The number of hydrogen-bond acceptors (Lipinski definition) is 7. The van der Waals surface area contributed by atoms with Crippen molar-refractivity contribution in [1.82, 2.24) is 16.0 Å². The molecule has 12 nitrogen and oxygen atoms in total. The Kier molecular flexibility index (Phi) is 9.96. The fourth-order valence-corrected chi connectivity index (χ4v) is 1.86. The second kappa shape index (κ2) is 11.1. The minimum absolute atomic E-state index is 0.0405. The van der Waals surface area contributed by atoms with Crippen molar-refractivity contribution in [3.63, 3.8) is 0 Å². The Morgan fingerprint density at radius 3 is 1.85 bits per heavy atom. The molecule has 0 heterocycles. The third kappa shape index (κ3) is 8.96. The lowest BCUT2D eigenvalue weighted by Gasteiger charge is -2.24. The zero-order chi connectivity index (χ0) is 21.3. The van der Waals surface area contributed by atoms with Crippen LogP contribution in [0.2, 0.25) is 0 Å². The van der Waals surface area contributed by atoms with E-state index in [0.717, 1.165) is 0 Å². The summed E-state index contributed by atoms with van der Waals surface area (Å²) in [5.74, 6) is -4.30.